The summed E-state index contributed by atoms with van der Waals surface area (Å²) < 4.78 is 13.4. The summed E-state index contributed by atoms with van der Waals surface area (Å²) in [6, 6.07) is 4.55. The van der Waals surface area contributed by atoms with E-state index in [0.29, 0.717) is 10.5 Å². The van der Waals surface area contributed by atoms with Crippen LogP contribution in [-0.4, -0.2) is 45.7 Å². The Hall–Kier alpha value is -0.555. The quantitative estimate of drug-likeness (QED) is 0.807. The van der Waals surface area contributed by atoms with E-state index in [0.717, 1.165) is 25.2 Å². The van der Waals surface area contributed by atoms with Crippen molar-refractivity contribution in [2.24, 2.45) is 0 Å². The number of hydrogen-bond donors (Lipinski definition) is 2. The molecular formula is C13H19BFNO2S. The summed E-state index contributed by atoms with van der Waals surface area (Å²) in [5.74, 6) is -0.574. The molecule has 1 aromatic rings. The molecule has 19 heavy (non-hydrogen) atoms. The van der Waals surface area contributed by atoms with Crippen LogP contribution in [0.4, 0.5) is 4.39 Å². The number of halogens is 1. The summed E-state index contributed by atoms with van der Waals surface area (Å²) in [5.41, 5.74) is 0.862. The number of rotatable bonds is 3. The van der Waals surface area contributed by atoms with Crippen molar-refractivity contribution in [3.63, 3.8) is 0 Å². The van der Waals surface area contributed by atoms with E-state index in [2.05, 4.69) is 18.7 Å². The number of nitrogens with zero attached hydrogens (tertiary/aromatic N) is 1. The molecule has 0 bridgehead atoms. The van der Waals surface area contributed by atoms with Crippen LogP contribution >= 0.6 is 11.8 Å². The molecule has 1 fully saturated rings. The molecule has 2 unspecified atom stereocenters. The first-order valence-electron chi connectivity index (χ1n) is 6.48. The lowest BCUT2D eigenvalue weighted by Gasteiger charge is -2.34. The minimum Gasteiger partial charge on any atom is -0.423 e. The molecule has 104 valence electrons. The fourth-order valence-corrected chi connectivity index (χ4v) is 3.95. The zero-order valence-electron chi connectivity index (χ0n) is 11.2. The van der Waals surface area contributed by atoms with E-state index in [9.17, 15) is 4.39 Å². The standard InChI is InChI=1S/C13H19BFNO2S/c1-9-6-16(7-10(2)19-9)8-11-3-4-13(15)12(5-11)14(17)18/h3-5,9-10,17-18H,6-8H2,1-2H3. The van der Waals surface area contributed by atoms with Gasteiger partial charge in [0, 0.05) is 35.6 Å². The van der Waals surface area contributed by atoms with E-state index in [4.69, 9.17) is 10.0 Å². The van der Waals surface area contributed by atoms with E-state index < -0.39 is 12.9 Å². The Kier molecular flexibility index (Phi) is 4.89. The van der Waals surface area contributed by atoms with Crippen molar-refractivity contribution in [2.75, 3.05) is 13.1 Å². The summed E-state index contributed by atoms with van der Waals surface area (Å²) in [6.45, 7) is 7.14. The average Bonchev–Trinajstić information content (AvgIpc) is 2.30. The lowest BCUT2D eigenvalue weighted by molar-refractivity contribution is 0.263. The second-order valence-electron chi connectivity index (χ2n) is 5.18. The van der Waals surface area contributed by atoms with Crippen molar-refractivity contribution in [3.8, 4) is 0 Å². The molecule has 0 spiro atoms. The summed E-state index contributed by atoms with van der Waals surface area (Å²) in [6.07, 6.45) is 0. The molecule has 6 heteroatoms. The molecule has 2 rings (SSSR count). The topological polar surface area (TPSA) is 43.7 Å². The molecule has 1 saturated heterocycles. The lowest BCUT2D eigenvalue weighted by atomic mass is 9.79. The molecule has 0 amide bonds. The molecule has 0 radical (unpaired) electrons. The molecular weight excluding hydrogens is 264 g/mol. The summed E-state index contributed by atoms with van der Waals surface area (Å²) >= 11 is 1.98. The van der Waals surface area contributed by atoms with Crippen LogP contribution in [0.5, 0.6) is 0 Å². The predicted molar refractivity (Wildman–Crippen MR) is 78.0 cm³/mol. The van der Waals surface area contributed by atoms with Gasteiger partial charge in [0.25, 0.3) is 0 Å². The number of thioether (sulfide) groups is 1. The van der Waals surface area contributed by atoms with Gasteiger partial charge in [-0.3, -0.25) is 4.90 Å². The summed E-state index contributed by atoms with van der Waals surface area (Å²) in [7, 11) is -1.75. The fraction of sp³-hybridized carbons (Fsp3) is 0.538. The normalized spacial score (nSPS) is 24.5. The van der Waals surface area contributed by atoms with E-state index in [1.807, 2.05) is 11.8 Å². The number of hydrogen-bond acceptors (Lipinski definition) is 4. The predicted octanol–water partition coefficient (Wildman–Crippen LogP) is 0.831. The lowest BCUT2D eigenvalue weighted by Crippen LogP contribution is -2.40. The van der Waals surface area contributed by atoms with Gasteiger partial charge in [-0.15, -0.1) is 0 Å². The van der Waals surface area contributed by atoms with Crippen molar-refractivity contribution in [3.05, 3.63) is 29.6 Å². The Morgan fingerprint density at radius 2 is 1.95 bits per heavy atom. The average molecular weight is 283 g/mol. The molecule has 0 aliphatic carbocycles. The Bertz CT molecular complexity index is 437. The van der Waals surface area contributed by atoms with Crippen LogP contribution < -0.4 is 5.46 Å². The highest BCUT2D eigenvalue weighted by Gasteiger charge is 2.23. The largest absolute Gasteiger partial charge is 0.491 e. The maximum absolute atomic E-state index is 13.4. The van der Waals surface area contributed by atoms with Gasteiger partial charge in [0.1, 0.15) is 5.82 Å². The third-order valence-electron chi connectivity index (χ3n) is 3.24. The molecule has 3 nitrogen and oxygen atoms in total. The van der Waals surface area contributed by atoms with Gasteiger partial charge < -0.3 is 10.0 Å². The molecule has 1 heterocycles. The summed E-state index contributed by atoms with van der Waals surface area (Å²) in [4.78, 5) is 2.33. The Morgan fingerprint density at radius 1 is 1.32 bits per heavy atom. The summed E-state index contributed by atoms with van der Waals surface area (Å²) in [5, 5.41) is 19.4. The zero-order valence-corrected chi connectivity index (χ0v) is 12.0. The third kappa shape index (κ3) is 3.95. The highest BCUT2D eigenvalue weighted by Crippen LogP contribution is 2.25. The fourth-order valence-electron chi connectivity index (χ4n) is 2.56. The van der Waals surface area contributed by atoms with Gasteiger partial charge in [-0.2, -0.15) is 11.8 Å². The van der Waals surface area contributed by atoms with Gasteiger partial charge in [-0.25, -0.2) is 4.39 Å². The van der Waals surface area contributed by atoms with Gasteiger partial charge in [-0.05, 0) is 11.6 Å². The van der Waals surface area contributed by atoms with Crippen LogP contribution in [0.25, 0.3) is 0 Å². The van der Waals surface area contributed by atoms with Crippen molar-refractivity contribution in [2.45, 2.75) is 30.9 Å². The molecule has 1 aliphatic heterocycles. The Labute approximate surface area is 118 Å². The monoisotopic (exact) mass is 283 g/mol. The van der Waals surface area contributed by atoms with Crippen molar-refractivity contribution in [1.29, 1.82) is 0 Å². The van der Waals surface area contributed by atoms with Crippen LogP contribution in [-0.2, 0) is 6.54 Å². The molecule has 2 atom stereocenters. The first-order valence-corrected chi connectivity index (χ1v) is 7.42. The van der Waals surface area contributed by atoms with Gasteiger partial charge in [0.2, 0.25) is 0 Å². The molecule has 0 aromatic heterocycles. The van der Waals surface area contributed by atoms with Crippen LogP contribution in [0.15, 0.2) is 18.2 Å². The van der Waals surface area contributed by atoms with Crippen LogP contribution in [0, 0.1) is 5.82 Å². The zero-order chi connectivity index (χ0) is 14.0. The smallest absolute Gasteiger partial charge is 0.423 e. The van der Waals surface area contributed by atoms with Crippen LogP contribution in [0.3, 0.4) is 0 Å². The van der Waals surface area contributed by atoms with Gasteiger partial charge in [0.05, 0.1) is 0 Å². The highest BCUT2D eigenvalue weighted by atomic mass is 32.2. The van der Waals surface area contributed by atoms with E-state index >= 15 is 0 Å². The first-order chi connectivity index (χ1) is 8.95. The Morgan fingerprint density at radius 3 is 2.53 bits per heavy atom. The Balaban J connectivity index is 2.08. The van der Waals surface area contributed by atoms with Gasteiger partial charge in [-0.1, -0.05) is 26.0 Å². The van der Waals surface area contributed by atoms with Gasteiger partial charge >= 0.3 is 7.12 Å². The van der Waals surface area contributed by atoms with E-state index in [1.54, 1.807) is 6.07 Å². The van der Waals surface area contributed by atoms with E-state index in [1.165, 1.54) is 12.1 Å². The number of benzene rings is 1. The maximum Gasteiger partial charge on any atom is 0.491 e. The van der Waals surface area contributed by atoms with Crippen molar-refractivity contribution >= 4 is 24.3 Å². The molecule has 2 N–H and O–H groups in total. The molecule has 1 aliphatic rings. The van der Waals surface area contributed by atoms with E-state index in [-0.39, 0.29) is 5.46 Å². The van der Waals surface area contributed by atoms with Crippen molar-refractivity contribution < 1.29 is 14.4 Å². The van der Waals surface area contributed by atoms with Crippen LogP contribution in [0.1, 0.15) is 19.4 Å². The van der Waals surface area contributed by atoms with Gasteiger partial charge in [0.15, 0.2) is 0 Å². The van der Waals surface area contributed by atoms with Crippen LogP contribution in [0.2, 0.25) is 0 Å². The second kappa shape index (κ2) is 6.26. The first kappa shape index (κ1) is 14.8. The molecule has 1 aromatic carbocycles. The minimum atomic E-state index is -1.75. The third-order valence-corrected chi connectivity index (χ3v) is 4.47. The minimum absolute atomic E-state index is 0.0509. The SMILES string of the molecule is CC1CN(Cc2ccc(F)c(B(O)O)c2)CC(C)S1. The van der Waals surface area contributed by atoms with Crippen molar-refractivity contribution in [1.82, 2.24) is 4.90 Å². The second-order valence-corrected chi connectivity index (χ2v) is 7.06. The highest BCUT2D eigenvalue weighted by molar-refractivity contribution is 8.00. The molecule has 0 saturated carbocycles. The maximum atomic E-state index is 13.4.